The number of amides is 1. The number of carbonyl (C=O) groups excluding carboxylic acids is 1. The zero-order chi connectivity index (χ0) is 19.1. The molecule has 2 aromatic heterocycles. The molecule has 1 aliphatic heterocycles. The highest BCUT2D eigenvalue weighted by Gasteiger charge is 2.44. The Hall–Kier alpha value is -3.22. The van der Waals surface area contributed by atoms with Gasteiger partial charge in [-0.25, -0.2) is 9.97 Å². The third kappa shape index (κ3) is 2.66. The van der Waals surface area contributed by atoms with E-state index in [0.717, 1.165) is 42.5 Å². The summed E-state index contributed by atoms with van der Waals surface area (Å²) in [5.41, 5.74) is 2.50. The number of H-pyrrole nitrogens is 2. The largest absolute Gasteiger partial charge is 0.341 e. The molecule has 0 saturated carbocycles. The molecule has 2 N–H and O–H groups in total. The molecule has 1 amide bonds. The Kier molecular flexibility index (Phi) is 3.89. The minimum absolute atomic E-state index is 0.0326. The molecule has 0 unspecified atom stereocenters. The summed E-state index contributed by atoms with van der Waals surface area (Å²) in [5.74, 6) is 0.935. The van der Waals surface area contributed by atoms with Gasteiger partial charge in [-0.3, -0.25) is 9.59 Å². The summed E-state index contributed by atoms with van der Waals surface area (Å²) in [7, 11) is 0. The Bertz CT molecular complexity index is 1060. The van der Waals surface area contributed by atoms with Crippen molar-refractivity contribution in [2.45, 2.75) is 31.1 Å². The number of nitrogens with zero attached hydrogens (tertiary/aromatic N) is 3. The summed E-state index contributed by atoms with van der Waals surface area (Å²) in [6.45, 7) is 1.29. The van der Waals surface area contributed by atoms with Gasteiger partial charge in [0.05, 0.1) is 5.69 Å². The van der Waals surface area contributed by atoms with Crippen LogP contribution in [0.3, 0.4) is 0 Å². The Morgan fingerprint density at radius 3 is 2.61 bits per heavy atom. The molecule has 0 radical (unpaired) electrons. The van der Waals surface area contributed by atoms with Crippen LogP contribution in [0.15, 0.2) is 47.5 Å². The Morgan fingerprint density at radius 1 is 1.11 bits per heavy atom. The molecule has 3 aromatic rings. The number of imidazole rings is 1. The molecule has 1 saturated heterocycles. The Morgan fingerprint density at radius 2 is 1.89 bits per heavy atom. The summed E-state index contributed by atoms with van der Waals surface area (Å²) in [5, 5.41) is 0. The van der Waals surface area contributed by atoms with Gasteiger partial charge in [0.1, 0.15) is 5.82 Å². The predicted octanol–water partition coefficient (Wildman–Crippen LogP) is 2.28. The third-order valence-electron chi connectivity index (χ3n) is 6.13. The van der Waals surface area contributed by atoms with Crippen molar-refractivity contribution in [3.8, 4) is 11.4 Å². The van der Waals surface area contributed by atoms with Gasteiger partial charge in [0.25, 0.3) is 11.5 Å². The SMILES string of the molecule is O=C(c1ncc[nH]1)N1CCC2(CCc3c2nc(-c2ccccc2)[nH]c3=O)CC1. The van der Waals surface area contributed by atoms with E-state index >= 15 is 0 Å². The van der Waals surface area contributed by atoms with E-state index in [1.807, 2.05) is 35.2 Å². The number of benzene rings is 1. The highest BCUT2D eigenvalue weighted by molar-refractivity contribution is 5.90. The van der Waals surface area contributed by atoms with Crippen molar-refractivity contribution in [3.63, 3.8) is 0 Å². The van der Waals surface area contributed by atoms with Gasteiger partial charge >= 0.3 is 0 Å². The van der Waals surface area contributed by atoms with Gasteiger partial charge in [0.15, 0.2) is 5.82 Å². The highest BCUT2D eigenvalue weighted by atomic mass is 16.2. The fraction of sp³-hybridized carbons (Fsp3) is 0.333. The number of fused-ring (bicyclic) bond motifs is 2. The Balaban J connectivity index is 1.44. The number of hydrogen-bond acceptors (Lipinski definition) is 4. The van der Waals surface area contributed by atoms with Crippen molar-refractivity contribution >= 4 is 5.91 Å². The number of rotatable bonds is 2. The van der Waals surface area contributed by atoms with E-state index < -0.39 is 0 Å². The van der Waals surface area contributed by atoms with E-state index in [4.69, 9.17) is 4.98 Å². The fourth-order valence-electron chi connectivity index (χ4n) is 4.54. The number of piperidine rings is 1. The molecule has 7 nitrogen and oxygen atoms in total. The molecule has 2 aliphatic rings. The second kappa shape index (κ2) is 6.44. The molecule has 1 aliphatic carbocycles. The van der Waals surface area contributed by atoms with Crippen LogP contribution in [0.5, 0.6) is 0 Å². The highest BCUT2D eigenvalue weighted by Crippen LogP contribution is 2.44. The molecular weight excluding hydrogens is 354 g/mol. The second-order valence-corrected chi connectivity index (χ2v) is 7.62. The number of likely N-dealkylation sites (tertiary alicyclic amines) is 1. The second-order valence-electron chi connectivity index (χ2n) is 7.62. The first kappa shape index (κ1) is 16.9. The lowest BCUT2D eigenvalue weighted by atomic mass is 9.76. The lowest BCUT2D eigenvalue weighted by Gasteiger charge is -2.39. The van der Waals surface area contributed by atoms with Gasteiger partial charge in [0, 0.05) is 42.0 Å². The maximum absolute atomic E-state index is 12.7. The Labute approximate surface area is 161 Å². The van der Waals surface area contributed by atoms with Crippen molar-refractivity contribution in [3.05, 3.63) is 70.2 Å². The topological polar surface area (TPSA) is 94.7 Å². The van der Waals surface area contributed by atoms with Crippen LogP contribution in [0.2, 0.25) is 0 Å². The predicted molar refractivity (Wildman–Crippen MR) is 104 cm³/mol. The number of carbonyl (C=O) groups is 1. The van der Waals surface area contributed by atoms with Crippen LogP contribution in [0.4, 0.5) is 0 Å². The van der Waals surface area contributed by atoms with E-state index in [0.29, 0.717) is 24.7 Å². The number of aromatic nitrogens is 4. The van der Waals surface area contributed by atoms with Crippen molar-refractivity contribution in [2.75, 3.05) is 13.1 Å². The fourth-order valence-corrected chi connectivity index (χ4v) is 4.54. The quantitative estimate of drug-likeness (QED) is 0.718. The maximum Gasteiger partial charge on any atom is 0.289 e. The number of hydrogen-bond donors (Lipinski definition) is 2. The minimum atomic E-state index is -0.118. The molecular formula is C21H21N5O2. The first-order valence-corrected chi connectivity index (χ1v) is 9.64. The standard InChI is InChI=1S/C21H21N5O2/c27-19-15-6-7-21(16(15)24-17(25-19)14-4-2-1-3-5-14)8-12-26(13-9-21)20(28)18-22-10-11-23-18/h1-5,10-11H,6-9,12-13H2,(H,22,23)(H,24,25,27). The lowest BCUT2D eigenvalue weighted by Crippen LogP contribution is -2.45. The van der Waals surface area contributed by atoms with Crippen LogP contribution < -0.4 is 5.56 Å². The average Bonchev–Trinajstić information content (AvgIpc) is 3.38. The molecule has 28 heavy (non-hydrogen) atoms. The molecule has 0 bridgehead atoms. The van der Waals surface area contributed by atoms with Crippen molar-refractivity contribution < 1.29 is 4.79 Å². The van der Waals surface area contributed by atoms with E-state index in [-0.39, 0.29) is 16.9 Å². The van der Waals surface area contributed by atoms with E-state index in [1.165, 1.54) is 0 Å². The van der Waals surface area contributed by atoms with E-state index in [2.05, 4.69) is 15.0 Å². The van der Waals surface area contributed by atoms with Crippen LogP contribution in [-0.2, 0) is 11.8 Å². The van der Waals surface area contributed by atoms with Gasteiger partial charge in [-0.2, -0.15) is 0 Å². The van der Waals surface area contributed by atoms with Crippen LogP contribution in [0, 0.1) is 0 Å². The molecule has 7 heteroatoms. The van der Waals surface area contributed by atoms with Crippen LogP contribution in [0.1, 0.15) is 41.1 Å². The summed E-state index contributed by atoms with van der Waals surface area (Å²) in [6.07, 6.45) is 6.55. The first-order chi connectivity index (χ1) is 13.7. The van der Waals surface area contributed by atoms with Gasteiger partial charge in [-0.15, -0.1) is 0 Å². The van der Waals surface area contributed by atoms with E-state index in [1.54, 1.807) is 12.4 Å². The molecule has 5 rings (SSSR count). The zero-order valence-electron chi connectivity index (χ0n) is 15.4. The monoisotopic (exact) mass is 375 g/mol. The summed E-state index contributed by atoms with van der Waals surface area (Å²) in [6, 6.07) is 9.74. The van der Waals surface area contributed by atoms with Crippen molar-refractivity contribution in [1.82, 2.24) is 24.8 Å². The van der Waals surface area contributed by atoms with Gasteiger partial charge < -0.3 is 14.9 Å². The van der Waals surface area contributed by atoms with E-state index in [9.17, 15) is 9.59 Å². The van der Waals surface area contributed by atoms with Gasteiger partial charge in [-0.05, 0) is 25.7 Å². The lowest BCUT2D eigenvalue weighted by molar-refractivity contribution is 0.0652. The van der Waals surface area contributed by atoms with Crippen LogP contribution in [-0.4, -0.2) is 43.8 Å². The maximum atomic E-state index is 12.7. The van der Waals surface area contributed by atoms with Crippen LogP contribution in [0.25, 0.3) is 11.4 Å². The van der Waals surface area contributed by atoms with Crippen LogP contribution >= 0.6 is 0 Å². The molecule has 3 heterocycles. The average molecular weight is 375 g/mol. The van der Waals surface area contributed by atoms with Gasteiger partial charge in [0.2, 0.25) is 0 Å². The molecule has 1 fully saturated rings. The minimum Gasteiger partial charge on any atom is -0.341 e. The summed E-state index contributed by atoms with van der Waals surface area (Å²) < 4.78 is 0. The zero-order valence-corrected chi connectivity index (χ0v) is 15.4. The van der Waals surface area contributed by atoms with Crippen molar-refractivity contribution in [2.24, 2.45) is 0 Å². The normalized spacial score (nSPS) is 17.6. The van der Waals surface area contributed by atoms with Crippen molar-refractivity contribution in [1.29, 1.82) is 0 Å². The molecule has 0 atom stereocenters. The number of nitrogens with one attached hydrogen (secondary N) is 2. The molecule has 142 valence electrons. The first-order valence-electron chi connectivity index (χ1n) is 9.64. The smallest absolute Gasteiger partial charge is 0.289 e. The third-order valence-corrected chi connectivity index (χ3v) is 6.13. The summed E-state index contributed by atoms with van der Waals surface area (Å²) in [4.78, 5) is 41.9. The molecule has 1 spiro atoms. The number of aromatic amines is 2. The van der Waals surface area contributed by atoms with Gasteiger partial charge in [-0.1, -0.05) is 30.3 Å². The summed E-state index contributed by atoms with van der Waals surface area (Å²) >= 11 is 0. The molecule has 1 aromatic carbocycles.